The van der Waals surface area contributed by atoms with Gasteiger partial charge in [-0.05, 0) is 60.9 Å². The van der Waals surface area contributed by atoms with Crippen LogP contribution in [0.2, 0.25) is 0 Å². The molecule has 0 saturated carbocycles. The minimum absolute atomic E-state index is 0.00945. The molecule has 0 N–H and O–H groups in total. The van der Waals surface area contributed by atoms with E-state index >= 15 is 0 Å². The van der Waals surface area contributed by atoms with E-state index in [2.05, 4.69) is 0 Å². The van der Waals surface area contributed by atoms with E-state index in [1.165, 1.54) is 12.1 Å². The molecule has 1 heterocycles. The van der Waals surface area contributed by atoms with E-state index in [0.29, 0.717) is 37.0 Å². The van der Waals surface area contributed by atoms with Crippen LogP contribution in [-0.2, 0) is 0 Å². The molecule has 0 radical (unpaired) electrons. The minimum Gasteiger partial charge on any atom is -0.493 e. The van der Waals surface area contributed by atoms with Crippen LogP contribution in [0.5, 0.6) is 11.5 Å². The lowest BCUT2D eigenvalue weighted by Gasteiger charge is -2.19. The maximum absolute atomic E-state index is 13.1. The highest BCUT2D eigenvalue weighted by atomic mass is 19.1. The molecule has 0 bridgehead atoms. The fourth-order valence-corrected chi connectivity index (χ4v) is 3.85. The minimum atomic E-state index is -0.242. The maximum Gasteiger partial charge on any atom is 0.257 e. The molecule has 1 aliphatic rings. The van der Waals surface area contributed by atoms with Crippen LogP contribution in [0.15, 0.2) is 72.8 Å². The molecule has 0 aliphatic carbocycles. The average Bonchev–Trinajstić information content (AvgIpc) is 3.28. The van der Waals surface area contributed by atoms with Gasteiger partial charge in [-0.25, -0.2) is 4.39 Å². The summed E-state index contributed by atoms with van der Waals surface area (Å²) in [5, 5.41) is 0. The zero-order valence-corrected chi connectivity index (χ0v) is 17.6. The third-order valence-corrected chi connectivity index (χ3v) is 5.51. The Balaban J connectivity index is 1.32. The van der Waals surface area contributed by atoms with Crippen LogP contribution in [0, 0.1) is 11.7 Å². The summed E-state index contributed by atoms with van der Waals surface area (Å²) < 4.78 is 24.7. The average molecular weight is 419 g/mol. The molecule has 31 heavy (non-hydrogen) atoms. The number of amides is 1. The second kappa shape index (κ2) is 9.65. The number of carbonyl (C=O) groups excluding carboxylic acids is 1. The van der Waals surface area contributed by atoms with Gasteiger partial charge >= 0.3 is 0 Å². The molecule has 1 saturated heterocycles. The van der Waals surface area contributed by atoms with Crippen LogP contribution in [0.4, 0.5) is 4.39 Å². The second-order valence-corrected chi connectivity index (χ2v) is 7.68. The summed E-state index contributed by atoms with van der Waals surface area (Å²) in [5.41, 5.74) is 2.59. The Bertz CT molecular complexity index is 1020. The van der Waals surface area contributed by atoms with E-state index in [1.54, 1.807) is 12.1 Å². The third kappa shape index (κ3) is 5.05. The molecule has 1 unspecified atom stereocenters. The molecule has 1 atom stereocenters. The second-order valence-electron chi connectivity index (χ2n) is 7.68. The number of carbonyl (C=O) groups is 1. The van der Waals surface area contributed by atoms with Crippen molar-refractivity contribution >= 4 is 5.91 Å². The Hall–Kier alpha value is -3.34. The predicted molar refractivity (Wildman–Crippen MR) is 119 cm³/mol. The van der Waals surface area contributed by atoms with Crippen LogP contribution in [0.1, 0.15) is 23.7 Å². The Labute approximate surface area is 182 Å². The lowest BCUT2D eigenvalue weighted by molar-refractivity contribution is 0.0779. The van der Waals surface area contributed by atoms with Crippen molar-refractivity contribution < 1.29 is 18.7 Å². The number of nitrogens with zero attached hydrogens (tertiary/aromatic N) is 1. The first-order chi connectivity index (χ1) is 15.1. The third-order valence-electron chi connectivity index (χ3n) is 5.51. The SMILES string of the molecule is CCOc1ccccc1C(=O)N1CCC(COc2ccc(-c3ccc(F)cc3)cc2)C1. The highest BCUT2D eigenvalue weighted by molar-refractivity contribution is 5.97. The van der Waals surface area contributed by atoms with Gasteiger partial charge in [-0.3, -0.25) is 4.79 Å². The Morgan fingerprint density at radius 2 is 1.65 bits per heavy atom. The van der Waals surface area contributed by atoms with Crippen molar-refractivity contribution in [2.45, 2.75) is 13.3 Å². The smallest absolute Gasteiger partial charge is 0.257 e. The van der Waals surface area contributed by atoms with E-state index in [0.717, 1.165) is 29.8 Å². The molecule has 160 valence electrons. The van der Waals surface area contributed by atoms with Crippen LogP contribution in [0.25, 0.3) is 11.1 Å². The van der Waals surface area contributed by atoms with E-state index in [4.69, 9.17) is 9.47 Å². The fourth-order valence-electron chi connectivity index (χ4n) is 3.85. The van der Waals surface area contributed by atoms with Gasteiger partial charge in [0, 0.05) is 19.0 Å². The summed E-state index contributed by atoms with van der Waals surface area (Å²) in [6.07, 6.45) is 0.913. The molecule has 1 aliphatic heterocycles. The van der Waals surface area contributed by atoms with Crippen molar-refractivity contribution in [1.29, 1.82) is 0 Å². The topological polar surface area (TPSA) is 38.8 Å². The molecular formula is C26H26FNO3. The molecule has 1 fully saturated rings. The van der Waals surface area contributed by atoms with Gasteiger partial charge in [0.05, 0.1) is 18.8 Å². The van der Waals surface area contributed by atoms with Crippen molar-refractivity contribution in [3.63, 3.8) is 0 Å². The summed E-state index contributed by atoms with van der Waals surface area (Å²) in [6, 6.07) is 21.6. The summed E-state index contributed by atoms with van der Waals surface area (Å²) in [4.78, 5) is 14.8. The van der Waals surface area contributed by atoms with Crippen LogP contribution in [0.3, 0.4) is 0 Å². The van der Waals surface area contributed by atoms with Crippen molar-refractivity contribution in [2.24, 2.45) is 5.92 Å². The highest BCUT2D eigenvalue weighted by Gasteiger charge is 2.28. The van der Waals surface area contributed by atoms with Gasteiger partial charge in [-0.2, -0.15) is 0 Å². The van der Waals surface area contributed by atoms with Crippen molar-refractivity contribution in [3.05, 3.63) is 84.2 Å². The lowest BCUT2D eigenvalue weighted by atomic mass is 10.1. The Morgan fingerprint density at radius 3 is 2.35 bits per heavy atom. The molecule has 0 aromatic heterocycles. The van der Waals surface area contributed by atoms with Gasteiger partial charge < -0.3 is 14.4 Å². The van der Waals surface area contributed by atoms with Crippen LogP contribution >= 0.6 is 0 Å². The number of hydrogen-bond acceptors (Lipinski definition) is 3. The number of hydrogen-bond donors (Lipinski definition) is 0. The largest absolute Gasteiger partial charge is 0.493 e. The number of halogens is 1. The van der Waals surface area contributed by atoms with Crippen LogP contribution in [-0.4, -0.2) is 37.1 Å². The zero-order chi connectivity index (χ0) is 21.6. The standard InChI is InChI=1S/C26H26FNO3/c1-2-30-25-6-4-3-5-24(25)26(29)28-16-15-19(17-28)18-31-23-13-9-21(10-14-23)20-7-11-22(27)12-8-20/h3-14,19H,2,15-18H2,1H3. The molecular weight excluding hydrogens is 393 g/mol. The summed E-state index contributed by atoms with van der Waals surface area (Å²) in [5.74, 6) is 1.48. The van der Waals surface area contributed by atoms with Crippen molar-refractivity contribution in [2.75, 3.05) is 26.3 Å². The monoisotopic (exact) mass is 419 g/mol. The van der Waals surface area contributed by atoms with Gasteiger partial charge in [0.2, 0.25) is 0 Å². The van der Waals surface area contributed by atoms with Gasteiger partial charge in [0.15, 0.2) is 0 Å². The van der Waals surface area contributed by atoms with Crippen molar-refractivity contribution in [1.82, 2.24) is 4.90 Å². The van der Waals surface area contributed by atoms with Gasteiger partial charge in [-0.15, -0.1) is 0 Å². The Morgan fingerprint density at radius 1 is 0.968 bits per heavy atom. The first-order valence-corrected chi connectivity index (χ1v) is 10.6. The number of ether oxygens (including phenoxy) is 2. The van der Waals surface area contributed by atoms with E-state index in [1.807, 2.05) is 60.4 Å². The predicted octanol–water partition coefficient (Wildman–Crippen LogP) is 5.43. The number of rotatable bonds is 7. The number of para-hydroxylation sites is 1. The Kier molecular flexibility index (Phi) is 6.51. The number of likely N-dealkylation sites (tertiary alicyclic amines) is 1. The first kappa shape index (κ1) is 20.9. The maximum atomic E-state index is 13.1. The molecule has 0 spiro atoms. The highest BCUT2D eigenvalue weighted by Crippen LogP contribution is 2.26. The molecule has 4 nitrogen and oxygen atoms in total. The molecule has 4 rings (SSSR count). The summed E-state index contributed by atoms with van der Waals surface area (Å²) in [7, 11) is 0. The first-order valence-electron chi connectivity index (χ1n) is 10.6. The van der Waals surface area contributed by atoms with Crippen molar-refractivity contribution in [3.8, 4) is 22.6 Å². The van der Waals surface area contributed by atoms with E-state index in [-0.39, 0.29) is 11.7 Å². The summed E-state index contributed by atoms with van der Waals surface area (Å²) in [6.45, 7) is 4.40. The van der Waals surface area contributed by atoms with Gasteiger partial charge in [-0.1, -0.05) is 36.4 Å². The number of benzene rings is 3. The normalized spacial score (nSPS) is 15.7. The molecule has 5 heteroatoms. The van der Waals surface area contributed by atoms with E-state index in [9.17, 15) is 9.18 Å². The summed E-state index contributed by atoms with van der Waals surface area (Å²) >= 11 is 0. The molecule has 3 aromatic rings. The van der Waals surface area contributed by atoms with E-state index < -0.39 is 0 Å². The van der Waals surface area contributed by atoms with Gasteiger partial charge in [0.25, 0.3) is 5.91 Å². The molecule has 1 amide bonds. The molecule has 3 aromatic carbocycles. The quantitative estimate of drug-likeness (QED) is 0.512. The lowest BCUT2D eigenvalue weighted by Crippen LogP contribution is -2.30. The zero-order valence-electron chi connectivity index (χ0n) is 17.6. The van der Waals surface area contributed by atoms with Crippen LogP contribution < -0.4 is 9.47 Å². The fraction of sp³-hybridized carbons (Fsp3) is 0.269. The van der Waals surface area contributed by atoms with Gasteiger partial charge in [0.1, 0.15) is 17.3 Å².